The van der Waals surface area contributed by atoms with Crippen molar-refractivity contribution in [1.82, 2.24) is 0 Å². The molecule has 2 aliphatic carbocycles. The Labute approximate surface area is 214 Å². The third kappa shape index (κ3) is 8.15. The van der Waals surface area contributed by atoms with Crippen molar-refractivity contribution in [1.29, 1.82) is 0 Å². The third-order valence-electron chi connectivity index (χ3n) is 7.15. The minimum atomic E-state index is -0.331. The van der Waals surface area contributed by atoms with Gasteiger partial charge in [0.1, 0.15) is 11.6 Å². The molecule has 0 saturated heterocycles. The van der Waals surface area contributed by atoms with Crippen molar-refractivity contribution in [2.24, 2.45) is 23.7 Å². The lowest BCUT2D eigenvalue weighted by Gasteiger charge is -2.14. The van der Waals surface area contributed by atoms with Crippen LogP contribution in [-0.2, 0) is 22.4 Å². The largest absolute Gasteiger partial charge is 0.393 e. The molecule has 0 aromatic heterocycles. The van der Waals surface area contributed by atoms with Crippen LogP contribution in [0.25, 0.3) is 0 Å². The van der Waals surface area contributed by atoms with Gasteiger partial charge in [-0.25, -0.2) is 0 Å². The van der Waals surface area contributed by atoms with Crippen molar-refractivity contribution in [3.63, 3.8) is 0 Å². The Hall–Kier alpha value is -1.30. The van der Waals surface area contributed by atoms with Gasteiger partial charge in [0.05, 0.1) is 6.10 Å². The fraction of sp³-hybridized carbons (Fsp3) is 0.500. The zero-order valence-corrected chi connectivity index (χ0v) is 22.6. The maximum atomic E-state index is 11.3. The third-order valence-corrected chi connectivity index (χ3v) is 8.14. The second-order valence-electron chi connectivity index (χ2n) is 9.76. The summed E-state index contributed by atoms with van der Waals surface area (Å²) in [6, 6.07) is 16.6. The van der Waals surface area contributed by atoms with E-state index in [1.165, 1.54) is 17.5 Å². The first-order valence-corrected chi connectivity index (χ1v) is 13.5. The zero-order chi connectivity index (χ0) is 24.0. The molecule has 0 spiro atoms. The van der Waals surface area contributed by atoms with Gasteiger partial charge in [-0.05, 0) is 106 Å². The van der Waals surface area contributed by atoms with E-state index >= 15 is 0 Å². The maximum absolute atomic E-state index is 11.3. The summed E-state index contributed by atoms with van der Waals surface area (Å²) in [6.45, 7) is 3.35. The van der Waals surface area contributed by atoms with E-state index in [9.17, 15) is 14.7 Å². The summed E-state index contributed by atoms with van der Waals surface area (Å²) in [6.07, 6.45) is 6.47. The Morgan fingerprint density at radius 1 is 0.818 bits per heavy atom. The SMILES string of the molecule is CC(=O)[C@@H]1CC(O)[C@@H](Cc2cccc(Br)c2)C1.CC(=O)[C@@H]1CC[C@@H](Cc2cccc(Br)c2)C1. The van der Waals surface area contributed by atoms with Gasteiger partial charge in [-0.1, -0.05) is 56.1 Å². The van der Waals surface area contributed by atoms with Crippen LogP contribution < -0.4 is 0 Å². The number of hydrogen-bond acceptors (Lipinski definition) is 3. The number of aliphatic hydroxyl groups is 1. The van der Waals surface area contributed by atoms with Crippen molar-refractivity contribution in [3.8, 4) is 0 Å². The number of carbonyl (C=O) groups excluding carboxylic acids is 2. The van der Waals surface area contributed by atoms with Gasteiger partial charge in [0, 0.05) is 20.8 Å². The van der Waals surface area contributed by atoms with Crippen molar-refractivity contribution < 1.29 is 14.7 Å². The standard InChI is InChI=1S/C14H17BrO2.C14H17BrO/c1-9(16)11-7-12(14(17)8-11)5-10-3-2-4-13(15)6-10;1-10(16)13-6-5-12(8-13)7-11-3-2-4-14(15)9-11/h2-4,6,11-12,14,17H,5,7-8H2,1H3;2-4,9,12-13H,5-8H2,1H3/t11-,12-,14?;12-,13+/m00/s1. The molecule has 0 heterocycles. The lowest BCUT2D eigenvalue weighted by Crippen LogP contribution is -2.15. The molecule has 0 amide bonds. The number of halogens is 2. The number of Topliss-reactive ketones (excluding diaryl/α,β-unsaturated/α-hetero) is 2. The highest BCUT2D eigenvalue weighted by Crippen LogP contribution is 2.35. The number of aliphatic hydroxyl groups excluding tert-OH is 1. The number of hydrogen-bond donors (Lipinski definition) is 1. The zero-order valence-electron chi connectivity index (χ0n) is 19.5. The van der Waals surface area contributed by atoms with Crippen molar-refractivity contribution in [2.45, 2.75) is 64.9 Å². The minimum absolute atomic E-state index is 0.0575. The molecule has 33 heavy (non-hydrogen) atoms. The van der Waals surface area contributed by atoms with Gasteiger partial charge in [0.2, 0.25) is 0 Å². The fourth-order valence-electron chi connectivity index (χ4n) is 5.25. The van der Waals surface area contributed by atoms with E-state index < -0.39 is 0 Å². The Morgan fingerprint density at radius 2 is 1.39 bits per heavy atom. The van der Waals surface area contributed by atoms with Crippen molar-refractivity contribution in [3.05, 3.63) is 68.6 Å². The molecule has 178 valence electrons. The van der Waals surface area contributed by atoms with Crippen LogP contribution in [0.1, 0.15) is 57.1 Å². The summed E-state index contributed by atoms with van der Waals surface area (Å²) in [5.41, 5.74) is 2.59. The highest BCUT2D eigenvalue weighted by atomic mass is 79.9. The van der Waals surface area contributed by atoms with Crippen LogP contribution in [0.3, 0.4) is 0 Å². The first-order chi connectivity index (χ1) is 15.7. The summed E-state index contributed by atoms with van der Waals surface area (Å²) in [5.74, 6) is 1.89. The van der Waals surface area contributed by atoms with Crippen molar-refractivity contribution >= 4 is 43.4 Å². The Bertz CT molecular complexity index is 958. The predicted molar refractivity (Wildman–Crippen MR) is 140 cm³/mol. The summed E-state index contributed by atoms with van der Waals surface area (Å²) in [4.78, 5) is 22.6. The number of rotatable bonds is 6. The van der Waals surface area contributed by atoms with Gasteiger partial charge in [0.15, 0.2) is 0 Å². The number of benzene rings is 2. The van der Waals surface area contributed by atoms with E-state index in [1.807, 2.05) is 12.1 Å². The van der Waals surface area contributed by atoms with E-state index in [-0.39, 0.29) is 23.7 Å². The number of carbonyl (C=O) groups is 2. The molecule has 0 radical (unpaired) electrons. The molecule has 0 bridgehead atoms. The monoisotopic (exact) mass is 576 g/mol. The highest BCUT2D eigenvalue weighted by Gasteiger charge is 2.35. The normalized spacial score (nSPS) is 26.5. The summed E-state index contributed by atoms with van der Waals surface area (Å²) in [5, 5.41) is 9.97. The molecule has 1 N–H and O–H groups in total. The van der Waals surface area contributed by atoms with Gasteiger partial charge in [-0.15, -0.1) is 0 Å². The van der Waals surface area contributed by atoms with Gasteiger partial charge < -0.3 is 5.11 Å². The molecule has 2 aromatic rings. The van der Waals surface area contributed by atoms with E-state index in [0.29, 0.717) is 24.0 Å². The van der Waals surface area contributed by atoms with Gasteiger partial charge in [0.25, 0.3) is 0 Å². The van der Waals surface area contributed by atoms with E-state index in [4.69, 9.17) is 0 Å². The summed E-state index contributed by atoms with van der Waals surface area (Å²) >= 11 is 6.94. The predicted octanol–water partition coefficient (Wildman–Crippen LogP) is 6.96. The molecule has 5 heteroatoms. The molecular formula is C28H34Br2O3. The van der Waals surface area contributed by atoms with Crippen LogP contribution >= 0.6 is 31.9 Å². The first kappa shape index (κ1) is 26.3. The second-order valence-corrected chi connectivity index (χ2v) is 11.6. The summed E-state index contributed by atoms with van der Waals surface area (Å²) < 4.78 is 2.21. The first-order valence-electron chi connectivity index (χ1n) is 11.9. The minimum Gasteiger partial charge on any atom is -0.393 e. The van der Waals surface area contributed by atoms with E-state index in [2.05, 4.69) is 68.3 Å². The van der Waals surface area contributed by atoms with Gasteiger partial charge in [-0.3, -0.25) is 9.59 Å². The van der Waals surface area contributed by atoms with E-state index in [1.54, 1.807) is 13.8 Å². The Kier molecular flexibility index (Phi) is 9.90. The van der Waals surface area contributed by atoms with Crippen LogP contribution in [0, 0.1) is 23.7 Å². The van der Waals surface area contributed by atoms with Crippen LogP contribution in [0.4, 0.5) is 0 Å². The Morgan fingerprint density at radius 3 is 1.88 bits per heavy atom. The quantitative estimate of drug-likeness (QED) is 0.403. The molecule has 2 fully saturated rings. The Balaban J connectivity index is 0.000000186. The molecule has 2 aromatic carbocycles. The van der Waals surface area contributed by atoms with Gasteiger partial charge >= 0.3 is 0 Å². The highest BCUT2D eigenvalue weighted by molar-refractivity contribution is 9.10. The second kappa shape index (κ2) is 12.4. The van der Waals surface area contributed by atoms with Crippen LogP contribution in [0.5, 0.6) is 0 Å². The molecule has 2 aliphatic rings. The molecule has 0 aliphatic heterocycles. The lowest BCUT2D eigenvalue weighted by molar-refractivity contribution is -0.121. The topological polar surface area (TPSA) is 54.4 Å². The lowest BCUT2D eigenvalue weighted by atomic mass is 9.95. The average molecular weight is 578 g/mol. The molecule has 1 unspecified atom stereocenters. The average Bonchev–Trinajstić information content (AvgIpc) is 3.36. The molecule has 2 saturated carbocycles. The molecule has 5 atom stereocenters. The van der Waals surface area contributed by atoms with Crippen molar-refractivity contribution in [2.75, 3.05) is 0 Å². The van der Waals surface area contributed by atoms with Crippen LogP contribution in [-0.4, -0.2) is 22.8 Å². The molecule has 4 rings (SSSR count). The number of ketones is 2. The summed E-state index contributed by atoms with van der Waals surface area (Å²) in [7, 11) is 0. The van der Waals surface area contributed by atoms with Crippen LogP contribution in [0.15, 0.2) is 57.5 Å². The fourth-order valence-corrected chi connectivity index (χ4v) is 6.14. The molecular weight excluding hydrogens is 544 g/mol. The molecule has 3 nitrogen and oxygen atoms in total. The maximum Gasteiger partial charge on any atom is 0.133 e. The smallest absolute Gasteiger partial charge is 0.133 e. The van der Waals surface area contributed by atoms with Gasteiger partial charge in [-0.2, -0.15) is 0 Å². The van der Waals surface area contributed by atoms with Crippen LogP contribution in [0.2, 0.25) is 0 Å². The van der Waals surface area contributed by atoms with E-state index in [0.717, 1.165) is 41.0 Å².